The smallest absolute Gasteiger partial charge is 0.173 e. The number of aliphatic hydroxyl groups is 3. The highest BCUT2D eigenvalue weighted by molar-refractivity contribution is 6.06. The predicted molar refractivity (Wildman–Crippen MR) is 313 cm³/mol. The van der Waals surface area contributed by atoms with Crippen molar-refractivity contribution in [3.05, 3.63) is 184 Å². The molecule has 3 heterocycles. The minimum absolute atomic E-state index is 0.0165. The fourth-order valence-electron chi connectivity index (χ4n) is 13.2. The van der Waals surface area contributed by atoms with E-state index in [4.69, 9.17) is 4.74 Å². The molecule has 412 valence electrons. The second kappa shape index (κ2) is 25.5. The molecular formula is C68H78N4O7. The molecule has 1 fully saturated rings. The normalized spacial score (nSPS) is 26.2. The number of aromatic nitrogens is 1. The van der Waals surface area contributed by atoms with E-state index in [1.54, 1.807) is 6.07 Å². The van der Waals surface area contributed by atoms with Crippen LogP contribution in [0.3, 0.4) is 0 Å². The molecule has 0 saturated heterocycles. The van der Waals surface area contributed by atoms with Crippen molar-refractivity contribution in [2.75, 3.05) is 32.1 Å². The van der Waals surface area contributed by atoms with Crippen LogP contribution >= 0.6 is 0 Å². The Morgan fingerprint density at radius 1 is 0.785 bits per heavy atom. The fraction of sp³-hybridized carbons (Fsp3) is 0.412. The molecule has 11 heteroatoms. The van der Waals surface area contributed by atoms with Crippen LogP contribution in [-0.2, 0) is 41.7 Å². The van der Waals surface area contributed by atoms with Gasteiger partial charge in [0.2, 0.25) is 0 Å². The lowest BCUT2D eigenvalue weighted by Crippen LogP contribution is -2.40. The number of benzene rings is 5. The maximum absolute atomic E-state index is 15.2. The van der Waals surface area contributed by atoms with Crippen molar-refractivity contribution in [3.8, 4) is 23.3 Å². The molecule has 4 aliphatic rings. The lowest BCUT2D eigenvalue weighted by atomic mass is 9.73. The number of allylic oxidation sites excluding steroid dienone is 2. The highest BCUT2D eigenvalue weighted by atomic mass is 16.5. The number of ether oxygens (including phenoxy) is 1. The number of phenols is 1. The third-order valence-electron chi connectivity index (χ3n) is 17.4. The van der Waals surface area contributed by atoms with Crippen molar-refractivity contribution >= 4 is 28.0 Å². The molecule has 10 atom stereocenters. The van der Waals surface area contributed by atoms with Crippen molar-refractivity contribution < 1.29 is 34.8 Å². The van der Waals surface area contributed by atoms with E-state index in [0.717, 1.165) is 86.2 Å². The molecule has 5 aromatic carbocycles. The quantitative estimate of drug-likeness (QED) is 0.0567. The summed E-state index contributed by atoms with van der Waals surface area (Å²) in [6.07, 6.45) is 9.30. The largest absolute Gasteiger partial charge is 0.504 e. The van der Waals surface area contributed by atoms with Crippen LogP contribution in [0.4, 0.5) is 5.69 Å². The van der Waals surface area contributed by atoms with Crippen LogP contribution in [-0.4, -0.2) is 82.0 Å². The molecule has 79 heavy (non-hydrogen) atoms. The van der Waals surface area contributed by atoms with Gasteiger partial charge < -0.3 is 46.1 Å². The summed E-state index contributed by atoms with van der Waals surface area (Å²) in [5.74, 6) is 5.66. The SMILES string of the molecule is CCC[C@@H]1[C@H]2C[C@@H](CC3=CCNC(=C3)Nc3ccc4ccc(cc4c3)C[C@H](O)CNC[C@H](C)c3c[nH]c(c3)C[C@H]1O)C[C@@H]1C#C[C@H](c3ccccc3)c3c(cc(OC)c(O)c3CCc3ccccc3)CCC(=O)[C@H](O)C(=O)[C@H]1C2. The summed E-state index contributed by atoms with van der Waals surface area (Å²) in [5.41, 5.74) is 9.54. The number of Topliss-reactive ketones (excluding diaryl/α,β-unsaturated/α-hetero) is 2. The molecular weight excluding hydrogens is 985 g/mol. The fourth-order valence-corrected chi connectivity index (χ4v) is 13.2. The Hall–Kier alpha value is -6.94. The van der Waals surface area contributed by atoms with Gasteiger partial charge >= 0.3 is 0 Å². The van der Waals surface area contributed by atoms with E-state index in [1.807, 2.05) is 42.6 Å². The Kier molecular flexibility index (Phi) is 17.8. The number of aliphatic hydroxyl groups excluding tert-OH is 3. The third-order valence-corrected chi connectivity index (χ3v) is 17.4. The topological polar surface area (TPSA) is 176 Å². The van der Waals surface area contributed by atoms with Gasteiger partial charge in [-0.1, -0.05) is 123 Å². The zero-order valence-electron chi connectivity index (χ0n) is 46.0. The number of hydrogen-bond acceptors (Lipinski definition) is 10. The molecule has 1 aromatic heterocycles. The van der Waals surface area contributed by atoms with Crippen LogP contribution in [0.25, 0.3) is 10.8 Å². The summed E-state index contributed by atoms with van der Waals surface area (Å²) in [4.78, 5) is 33.1. The van der Waals surface area contributed by atoms with Crippen LogP contribution in [0, 0.1) is 41.4 Å². The van der Waals surface area contributed by atoms with E-state index in [9.17, 15) is 25.2 Å². The number of aromatic hydroxyl groups is 1. The minimum atomic E-state index is -1.85. The number of carbonyl (C=O) groups is 2. The zero-order valence-corrected chi connectivity index (χ0v) is 46.0. The van der Waals surface area contributed by atoms with Gasteiger partial charge in [0.25, 0.3) is 0 Å². The molecule has 0 radical (unpaired) electrons. The number of β-amino-alcohol motifs (C(OH)–C–C–N with tert-alkyl or cyclic N) is 1. The maximum Gasteiger partial charge on any atom is 0.173 e. The Balaban J connectivity index is 1.08. The summed E-state index contributed by atoms with van der Waals surface area (Å²) in [6, 6.07) is 36.9. The first-order chi connectivity index (χ1) is 38.4. The van der Waals surface area contributed by atoms with Gasteiger partial charge in [-0.25, -0.2) is 0 Å². The van der Waals surface area contributed by atoms with Gasteiger partial charge in [-0.3, -0.25) is 9.59 Å². The summed E-state index contributed by atoms with van der Waals surface area (Å²) in [6.45, 7) is 6.04. The average Bonchev–Trinajstić information content (AvgIpc) is 3.99. The van der Waals surface area contributed by atoms with Gasteiger partial charge in [-0.2, -0.15) is 0 Å². The van der Waals surface area contributed by atoms with E-state index < -0.39 is 47.6 Å². The molecule has 8 N–H and O–H groups in total. The first kappa shape index (κ1) is 55.4. The summed E-state index contributed by atoms with van der Waals surface area (Å²) in [5, 5.41) is 60.8. The Morgan fingerprint density at radius 2 is 1.58 bits per heavy atom. The minimum Gasteiger partial charge on any atom is -0.504 e. The van der Waals surface area contributed by atoms with Crippen molar-refractivity contribution in [3.63, 3.8) is 0 Å². The number of fused-ring (bicyclic) bond motifs is 9. The van der Waals surface area contributed by atoms with E-state index in [-0.39, 0.29) is 42.3 Å². The van der Waals surface area contributed by atoms with E-state index in [2.05, 4.69) is 126 Å². The second-order valence-corrected chi connectivity index (χ2v) is 23.0. The standard InChI is InChI=1S/C68H78N4O7/c1-4-11-57-52-31-46(28-45-26-27-70-64(33-45)72-54-22-19-47-18-16-44(29-51(47)34-54)32-56(73)41-69-39-42(2)53-35-55(71-40-53)38-62(57)75)30-49-20-24-58(48-14-9-6-10-15-48)65-50(21-25-61(74)68(78)67(77)60(49)36-52)37-63(79-3)66(76)59(65)23-17-43-12-7-5-8-13-43/h5-10,12-16,18-19,22,26,29,33-35,37,40,42,46,49,52,56-58,60,62,68-73,75-76,78H,4,11,17,21,23,25,27-28,30-32,36,38-39,41H2,1-3H3/t42-,46-,49-,52-,56-,57+,58+,60-,62+,68-/m0/s1. The summed E-state index contributed by atoms with van der Waals surface area (Å²) < 4.78 is 5.80. The molecule has 10 rings (SSSR count). The molecule has 0 spiro atoms. The summed E-state index contributed by atoms with van der Waals surface area (Å²) >= 11 is 0. The number of ketones is 2. The van der Waals surface area contributed by atoms with E-state index in [0.29, 0.717) is 75.9 Å². The average molecular weight is 1060 g/mol. The van der Waals surface area contributed by atoms with Crippen LogP contribution in [0.2, 0.25) is 0 Å². The number of dihydropyridines is 1. The summed E-state index contributed by atoms with van der Waals surface area (Å²) in [7, 11) is 1.53. The van der Waals surface area contributed by atoms with Crippen molar-refractivity contribution in [2.45, 2.75) is 121 Å². The monoisotopic (exact) mass is 1060 g/mol. The number of aryl methyl sites for hydroxylation is 2. The molecule has 0 unspecified atom stereocenters. The lowest BCUT2D eigenvalue weighted by molar-refractivity contribution is -0.142. The Morgan fingerprint density at radius 3 is 2.38 bits per heavy atom. The molecule has 2 aliphatic heterocycles. The van der Waals surface area contributed by atoms with Gasteiger partial charge in [0.15, 0.2) is 29.2 Å². The number of anilines is 1. The number of H-pyrrole nitrogens is 1. The Labute approximate surface area is 466 Å². The van der Waals surface area contributed by atoms with Crippen molar-refractivity contribution in [2.24, 2.45) is 29.6 Å². The Bertz CT molecular complexity index is 3230. The van der Waals surface area contributed by atoms with Gasteiger partial charge in [-0.15, -0.1) is 0 Å². The number of phenolic OH excluding ortho intramolecular Hbond substituents is 1. The number of aromatic amines is 1. The van der Waals surface area contributed by atoms with Gasteiger partial charge in [0, 0.05) is 67.5 Å². The number of methoxy groups -OCH3 is 1. The zero-order chi connectivity index (χ0) is 55.0. The second-order valence-electron chi connectivity index (χ2n) is 23.0. The third kappa shape index (κ3) is 13.2. The van der Waals surface area contributed by atoms with Crippen LogP contribution < -0.4 is 20.7 Å². The first-order valence-electron chi connectivity index (χ1n) is 28.9. The highest BCUT2D eigenvalue weighted by Crippen LogP contribution is 2.46. The van der Waals surface area contributed by atoms with Crippen molar-refractivity contribution in [1.82, 2.24) is 15.6 Å². The molecule has 2 aliphatic carbocycles. The van der Waals surface area contributed by atoms with Gasteiger partial charge in [-0.05, 0) is 162 Å². The van der Waals surface area contributed by atoms with Gasteiger partial charge in [0.05, 0.1) is 25.2 Å². The van der Waals surface area contributed by atoms with Gasteiger partial charge in [0.1, 0.15) is 5.82 Å². The maximum atomic E-state index is 15.2. The number of rotatable bonds is 7. The van der Waals surface area contributed by atoms with E-state index >= 15 is 4.79 Å². The highest BCUT2D eigenvalue weighted by Gasteiger charge is 2.44. The lowest BCUT2D eigenvalue weighted by Gasteiger charge is -2.33. The number of nitrogens with one attached hydrogen (secondary N) is 4. The van der Waals surface area contributed by atoms with Crippen LogP contribution in [0.15, 0.2) is 139 Å². The number of carbonyl (C=O) groups excluding carboxylic acids is 2. The number of hydrogen-bond donors (Lipinski definition) is 8. The van der Waals surface area contributed by atoms with Crippen LogP contribution in [0.5, 0.6) is 11.5 Å². The molecule has 0 amide bonds. The van der Waals surface area contributed by atoms with E-state index in [1.165, 1.54) is 7.11 Å². The first-order valence-corrected chi connectivity index (χ1v) is 28.9. The predicted octanol–water partition coefficient (Wildman–Crippen LogP) is 10.4. The molecule has 9 bridgehead atoms. The molecule has 11 nitrogen and oxygen atoms in total. The molecule has 6 aromatic rings. The molecule has 1 saturated carbocycles. The van der Waals surface area contributed by atoms with Crippen LogP contribution in [0.1, 0.15) is 115 Å². The van der Waals surface area contributed by atoms with Crippen molar-refractivity contribution in [1.29, 1.82) is 0 Å².